The number of hydrogen-bond acceptors (Lipinski definition) is 2. The third kappa shape index (κ3) is 5.37. The molecule has 1 N–H and O–H groups in total. The van der Waals surface area contributed by atoms with Crippen LogP contribution in [-0.4, -0.2) is 17.9 Å². The van der Waals surface area contributed by atoms with E-state index in [1.54, 1.807) is 12.9 Å². The van der Waals surface area contributed by atoms with Crippen molar-refractivity contribution in [3.05, 3.63) is 5.57 Å². The molecule has 0 aromatic carbocycles. The van der Waals surface area contributed by atoms with Crippen LogP contribution >= 0.6 is 0 Å². The molecule has 0 aliphatic rings. The number of rotatable bonds is 3. The largest absolute Gasteiger partial charge is 0.354 e. The van der Waals surface area contributed by atoms with Gasteiger partial charge in [0.25, 0.3) is 0 Å². The van der Waals surface area contributed by atoms with Crippen LogP contribution in [0.3, 0.4) is 0 Å². The first-order chi connectivity index (χ1) is 5.06. The zero-order valence-corrected chi connectivity index (χ0v) is 7.10. The molecule has 0 spiro atoms. The Kier molecular flexibility index (Phi) is 4.23. The van der Waals surface area contributed by atoms with Gasteiger partial charge in [0.1, 0.15) is 5.94 Å². The Balaban J connectivity index is 3.78. The van der Waals surface area contributed by atoms with Crippen LogP contribution in [0.1, 0.15) is 27.2 Å². The highest BCUT2D eigenvalue weighted by Crippen LogP contribution is 1.99. The molecule has 0 radical (unpaired) electrons. The summed E-state index contributed by atoms with van der Waals surface area (Å²) >= 11 is 0. The highest BCUT2D eigenvalue weighted by atomic mass is 16.1. The van der Waals surface area contributed by atoms with Gasteiger partial charge in [-0.05, 0) is 20.3 Å². The van der Waals surface area contributed by atoms with Gasteiger partial charge in [0.2, 0.25) is 5.91 Å². The smallest absolute Gasteiger partial charge is 0.217 e. The van der Waals surface area contributed by atoms with E-state index in [9.17, 15) is 9.59 Å². The Labute approximate surface area is 66.5 Å². The number of carbonyl (C=O) groups is 1. The van der Waals surface area contributed by atoms with Crippen molar-refractivity contribution in [3.63, 3.8) is 0 Å². The number of carbonyl (C=O) groups excluding carboxylic acids is 2. The molecule has 0 aromatic rings. The molecule has 0 heterocycles. The molecule has 1 unspecified atom stereocenters. The second-order valence-electron chi connectivity index (χ2n) is 2.69. The molecule has 0 aliphatic carbocycles. The van der Waals surface area contributed by atoms with Crippen molar-refractivity contribution in [3.8, 4) is 0 Å². The molecular formula is C8H13NO2. The molecule has 0 fully saturated rings. The van der Waals surface area contributed by atoms with Crippen molar-refractivity contribution in [2.75, 3.05) is 0 Å². The van der Waals surface area contributed by atoms with Crippen molar-refractivity contribution in [2.45, 2.75) is 33.2 Å². The number of nitrogens with one attached hydrogen (secondary N) is 1. The number of hydrogen-bond donors (Lipinski definition) is 1. The zero-order chi connectivity index (χ0) is 8.85. The van der Waals surface area contributed by atoms with Crippen molar-refractivity contribution >= 4 is 11.8 Å². The Morgan fingerprint density at radius 3 is 2.45 bits per heavy atom. The minimum absolute atomic E-state index is 0.0222. The van der Waals surface area contributed by atoms with E-state index < -0.39 is 0 Å². The van der Waals surface area contributed by atoms with E-state index in [0.29, 0.717) is 12.0 Å². The highest BCUT2D eigenvalue weighted by molar-refractivity contribution is 5.73. The molecule has 3 heteroatoms. The van der Waals surface area contributed by atoms with Gasteiger partial charge < -0.3 is 5.32 Å². The second kappa shape index (κ2) is 4.69. The van der Waals surface area contributed by atoms with E-state index in [-0.39, 0.29) is 11.9 Å². The first kappa shape index (κ1) is 9.92. The van der Waals surface area contributed by atoms with Crippen molar-refractivity contribution in [2.24, 2.45) is 0 Å². The summed E-state index contributed by atoms with van der Waals surface area (Å²) in [5.74, 6) is 1.71. The lowest BCUT2D eigenvalue weighted by Gasteiger charge is -2.09. The molecule has 62 valence electrons. The summed E-state index contributed by atoms with van der Waals surface area (Å²) in [6, 6.07) is 0.0222. The second-order valence-corrected chi connectivity index (χ2v) is 2.69. The molecule has 0 saturated heterocycles. The van der Waals surface area contributed by atoms with E-state index >= 15 is 0 Å². The lowest BCUT2D eigenvalue weighted by molar-refractivity contribution is -0.119. The number of amides is 1. The maximum Gasteiger partial charge on any atom is 0.217 e. The van der Waals surface area contributed by atoms with Gasteiger partial charge in [0, 0.05) is 18.5 Å². The Morgan fingerprint density at radius 2 is 2.09 bits per heavy atom. The summed E-state index contributed by atoms with van der Waals surface area (Å²) in [6.07, 6.45) is 0.572. The minimum atomic E-state index is -0.0730. The molecule has 1 atom stereocenters. The standard InChI is InChI=1S/C8H13NO2/c1-6(5-10)4-7(2)9-8(3)11/h7H,4H2,1-3H3,(H,9,11). The quantitative estimate of drug-likeness (QED) is 0.609. The van der Waals surface area contributed by atoms with Crippen LogP contribution in [0.4, 0.5) is 0 Å². The fourth-order valence-corrected chi connectivity index (χ4v) is 0.899. The third-order valence-corrected chi connectivity index (χ3v) is 1.24. The average Bonchev–Trinajstić information content (AvgIpc) is 1.85. The van der Waals surface area contributed by atoms with Crippen LogP contribution in [0.25, 0.3) is 0 Å². The summed E-state index contributed by atoms with van der Waals surface area (Å²) in [5.41, 5.74) is 0.631. The highest BCUT2D eigenvalue weighted by Gasteiger charge is 2.03. The van der Waals surface area contributed by atoms with Gasteiger partial charge >= 0.3 is 0 Å². The maximum absolute atomic E-state index is 10.5. The lowest BCUT2D eigenvalue weighted by Crippen LogP contribution is -2.30. The molecule has 0 rings (SSSR count). The first-order valence-corrected chi connectivity index (χ1v) is 3.54. The van der Waals surface area contributed by atoms with Crippen molar-refractivity contribution < 1.29 is 9.59 Å². The Morgan fingerprint density at radius 1 is 1.55 bits per heavy atom. The van der Waals surface area contributed by atoms with Crippen LogP contribution in [0, 0.1) is 0 Å². The van der Waals surface area contributed by atoms with E-state index in [4.69, 9.17) is 0 Å². The summed E-state index contributed by atoms with van der Waals surface area (Å²) in [5, 5.41) is 2.67. The summed E-state index contributed by atoms with van der Waals surface area (Å²) in [7, 11) is 0. The van der Waals surface area contributed by atoms with Crippen LogP contribution in [-0.2, 0) is 9.59 Å². The molecule has 0 aliphatic heterocycles. The first-order valence-electron chi connectivity index (χ1n) is 3.54. The van der Waals surface area contributed by atoms with Crippen molar-refractivity contribution in [1.29, 1.82) is 0 Å². The van der Waals surface area contributed by atoms with E-state index in [1.807, 2.05) is 6.92 Å². The van der Waals surface area contributed by atoms with E-state index in [0.717, 1.165) is 0 Å². The molecule has 0 aromatic heterocycles. The monoisotopic (exact) mass is 155 g/mol. The minimum Gasteiger partial charge on any atom is -0.354 e. The molecular weight excluding hydrogens is 142 g/mol. The zero-order valence-electron chi connectivity index (χ0n) is 7.10. The Hall–Kier alpha value is -1.08. The van der Waals surface area contributed by atoms with Gasteiger partial charge in [0.05, 0.1) is 0 Å². The van der Waals surface area contributed by atoms with E-state index in [2.05, 4.69) is 5.32 Å². The predicted molar refractivity (Wildman–Crippen MR) is 42.8 cm³/mol. The predicted octanol–water partition coefficient (Wildman–Crippen LogP) is 0.679. The average molecular weight is 155 g/mol. The molecule has 3 nitrogen and oxygen atoms in total. The summed E-state index contributed by atoms with van der Waals surface area (Å²) in [4.78, 5) is 20.6. The normalized spacial score (nSPS) is 11.5. The third-order valence-electron chi connectivity index (χ3n) is 1.24. The molecule has 1 amide bonds. The van der Waals surface area contributed by atoms with Crippen LogP contribution in [0.2, 0.25) is 0 Å². The van der Waals surface area contributed by atoms with Gasteiger partial charge in [-0.15, -0.1) is 0 Å². The van der Waals surface area contributed by atoms with Crippen LogP contribution < -0.4 is 5.32 Å². The summed E-state index contributed by atoms with van der Waals surface area (Å²) < 4.78 is 0. The topological polar surface area (TPSA) is 46.2 Å². The van der Waals surface area contributed by atoms with Crippen LogP contribution in [0.5, 0.6) is 0 Å². The summed E-state index contributed by atoms with van der Waals surface area (Å²) in [6.45, 7) is 5.00. The lowest BCUT2D eigenvalue weighted by atomic mass is 10.1. The van der Waals surface area contributed by atoms with Gasteiger partial charge in [-0.2, -0.15) is 0 Å². The van der Waals surface area contributed by atoms with Crippen LogP contribution in [0.15, 0.2) is 5.57 Å². The SMILES string of the molecule is CC(=O)NC(C)CC(C)=C=O. The van der Waals surface area contributed by atoms with Gasteiger partial charge in [-0.25, -0.2) is 4.79 Å². The van der Waals surface area contributed by atoms with Crippen molar-refractivity contribution in [1.82, 2.24) is 5.32 Å². The van der Waals surface area contributed by atoms with Gasteiger partial charge in [-0.3, -0.25) is 4.79 Å². The van der Waals surface area contributed by atoms with Gasteiger partial charge in [-0.1, -0.05) is 0 Å². The molecule has 11 heavy (non-hydrogen) atoms. The van der Waals surface area contributed by atoms with E-state index in [1.165, 1.54) is 6.92 Å². The fourth-order valence-electron chi connectivity index (χ4n) is 0.899. The Bertz CT molecular complexity index is 192. The molecule has 0 bridgehead atoms. The fraction of sp³-hybridized carbons (Fsp3) is 0.625. The van der Waals surface area contributed by atoms with Gasteiger partial charge in [0.15, 0.2) is 0 Å². The molecule has 0 saturated carbocycles. The maximum atomic E-state index is 10.5.